The van der Waals surface area contributed by atoms with Gasteiger partial charge in [-0.25, -0.2) is 8.78 Å². The van der Waals surface area contributed by atoms with Crippen molar-refractivity contribution in [3.05, 3.63) is 75.1 Å². The lowest BCUT2D eigenvalue weighted by molar-refractivity contribution is -0.126. The summed E-state index contributed by atoms with van der Waals surface area (Å²) in [6.45, 7) is 10.0. The number of aryl methyl sites for hydroxylation is 1. The van der Waals surface area contributed by atoms with Crippen LogP contribution in [0.1, 0.15) is 30.5 Å². The van der Waals surface area contributed by atoms with E-state index in [1.807, 2.05) is 11.8 Å². The Balaban J connectivity index is 1.60. The molecule has 8 nitrogen and oxygen atoms in total. The number of rotatable bonds is 5. The maximum Gasteiger partial charge on any atom is 0.271 e. The summed E-state index contributed by atoms with van der Waals surface area (Å²) in [5.74, 6) is -1.62. The number of halogens is 3. The van der Waals surface area contributed by atoms with E-state index >= 15 is 4.39 Å². The molecule has 0 bridgehead atoms. The van der Waals surface area contributed by atoms with Crippen LogP contribution in [0.3, 0.4) is 0 Å². The number of pyridine rings is 1. The maximum atomic E-state index is 15.2. The highest BCUT2D eigenvalue weighted by Crippen LogP contribution is 2.45. The zero-order chi connectivity index (χ0) is 30.4. The molecule has 1 aromatic heterocycles. The predicted octanol–water partition coefficient (Wildman–Crippen LogP) is 4.51. The van der Waals surface area contributed by atoms with Gasteiger partial charge in [-0.3, -0.25) is 14.5 Å². The average Bonchev–Trinajstić information content (AvgIpc) is 3.00. The number of piperazine rings is 1. The van der Waals surface area contributed by atoms with Gasteiger partial charge in [0.25, 0.3) is 5.56 Å². The van der Waals surface area contributed by atoms with E-state index in [0.29, 0.717) is 80.0 Å². The molecule has 2 fully saturated rings. The van der Waals surface area contributed by atoms with Crippen molar-refractivity contribution >= 4 is 34.1 Å². The third-order valence-electron chi connectivity index (χ3n) is 8.90. The van der Waals surface area contributed by atoms with Crippen LogP contribution in [0.4, 0.5) is 14.5 Å². The first kappa shape index (κ1) is 29.3. The number of carbonyl (C=O) groups is 1. The van der Waals surface area contributed by atoms with E-state index in [4.69, 9.17) is 16.3 Å². The van der Waals surface area contributed by atoms with Crippen LogP contribution in [-0.4, -0.2) is 78.8 Å². The molecule has 224 valence electrons. The number of benzene rings is 2. The number of hydrogen-bond donors (Lipinski definition) is 0. The van der Waals surface area contributed by atoms with Gasteiger partial charge >= 0.3 is 0 Å². The molecule has 0 N–H and O–H groups in total. The fourth-order valence-electron chi connectivity index (χ4n) is 6.89. The molecule has 2 aromatic carbocycles. The first-order valence-electron chi connectivity index (χ1n) is 14.5. The Bertz CT molecular complexity index is 1730. The Morgan fingerprint density at radius 2 is 1.98 bits per heavy atom. The fraction of sp³-hybridized carbons (Fsp3) is 0.406. The van der Waals surface area contributed by atoms with Crippen molar-refractivity contribution in [3.63, 3.8) is 0 Å². The summed E-state index contributed by atoms with van der Waals surface area (Å²) >= 11 is 6.93. The van der Waals surface area contributed by atoms with Crippen LogP contribution in [0.2, 0.25) is 5.02 Å². The van der Waals surface area contributed by atoms with Gasteiger partial charge in [0.1, 0.15) is 23.3 Å². The Morgan fingerprint density at radius 1 is 1.21 bits per heavy atom. The zero-order valence-electron chi connectivity index (χ0n) is 23.9. The van der Waals surface area contributed by atoms with E-state index in [1.54, 1.807) is 15.5 Å². The second-order valence-electron chi connectivity index (χ2n) is 11.4. The van der Waals surface area contributed by atoms with Crippen LogP contribution in [0, 0.1) is 23.0 Å². The van der Waals surface area contributed by atoms with Crippen molar-refractivity contribution < 1.29 is 18.3 Å². The molecule has 0 radical (unpaired) electrons. The summed E-state index contributed by atoms with van der Waals surface area (Å²) in [6, 6.07) is 6.85. The van der Waals surface area contributed by atoms with Crippen molar-refractivity contribution in [1.82, 2.24) is 14.4 Å². The van der Waals surface area contributed by atoms with E-state index in [2.05, 4.69) is 17.5 Å². The normalized spacial score (nSPS) is 20.7. The number of nitrogens with zero attached hydrogens (tertiary/aromatic N) is 5. The van der Waals surface area contributed by atoms with Gasteiger partial charge in [0.15, 0.2) is 0 Å². The minimum absolute atomic E-state index is 0.0134. The molecule has 4 heterocycles. The molecule has 6 rings (SSSR count). The summed E-state index contributed by atoms with van der Waals surface area (Å²) in [6.07, 6.45) is 2.38. The number of nitriles is 1. The Hall–Kier alpha value is -3.78. The van der Waals surface area contributed by atoms with Crippen LogP contribution >= 0.6 is 11.6 Å². The van der Waals surface area contributed by atoms with Crippen molar-refractivity contribution in [2.24, 2.45) is 0 Å². The minimum Gasteiger partial charge on any atom is -0.379 e. The second-order valence-corrected chi connectivity index (χ2v) is 11.8. The largest absolute Gasteiger partial charge is 0.379 e. The van der Waals surface area contributed by atoms with Gasteiger partial charge in [-0.2, -0.15) is 5.26 Å². The van der Waals surface area contributed by atoms with Crippen molar-refractivity contribution in [3.8, 4) is 17.2 Å². The lowest BCUT2D eigenvalue weighted by atomic mass is 9.87. The van der Waals surface area contributed by atoms with Gasteiger partial charge in [0.05, 0.1) is 30.5 Å². The third kappa shape index (κ3) is 5.09. The summed E-state index contributed by atoms with van der Waals surface area (Å²) in [5.41, 5.74) is 1.97. The molecule has 11 heteroatoms. The van der Waals surface area contributed by atoms with Crippen molar-refractivity contribution in [1.29, 1.82) is 5.26 Å². The molecule has 43 heavy (non-hydrogen) atoms. The van der Waals surface area contributed by atoms with Gasteiger partial charge in [0.2, 0.25) is 5.91 Å². The number of carbonyl (C=O) groups excluding carboxylic acids is 1. The molecule has 2 saturated heterocycles. The molecule has 3 aliphatic rings. The smallest absolute Gasteiger partial charge is 0.271 e. The summed E-state index contributed by atoms with van der Waals surface area (Å²) in [7, 11) is 0. The van der Waals surface area contributed by atoms with Gasteiger partial charge in [-0.15, -0.1) is 0 Å². The number of ether oxygens (including phenoxy) is 1. The van der Waals surface area contributed by atoms with E-state index in [9.17, 15) is 19.2 Å². The van der Waals surface area contributed by atoms with Crippen LogP contribution in [0.25, 0.3) is 22.0 Å². The Labute approximate surface area is 253 Å². The van der Waals surface area contributed by atoms with Crippen molar-refractivity contribution in [2.75, 3.05) is 57.4 Å². The summed E-state index contributed by atoms with van der Waals surface area (Å²) < 4.78 is 36.3. The molecular weight excluding hydrogens is 576 g/mol. The Morgan fingerprint density at radius 3 is 2.65 bits per heavy atom. The monoisotopic (exact) mass is 607 g/mol. The standard InChI is InChI=1S/C32H32ClF2N5O3/c1-3-28(41)38-8-9-39(19(2)17-38)30-24-15-26(33)29(22-6-4-20(34)14-27(22)35)23-7-5-21(18-37-10-12-43-13-11-37)40(31(23)24)32(42)25(30)16-36/h3-4,6,14-15,19,21H,1,5,7-13,17-18H2,2H3/t19-,21?/m0/s1. The van der Waals surface area contributed by atoms with Crippen LogP contribution in [0.5, 0.6) is 0 Å². The first-order valence-corrected chi connectivity index (χ1v) is 14.9. The number of aromatic nitrogens is 1. The molecular formula is C32H32ClF2N5O3. The molecule has 1 amide bonds. The van der Waals surface area contributed by atoms with Crippen molar-refractivity contribution in [2.45, 2.75) is 31.8 Å². The van der Waals surface area contributed by atoms with Gasteiger partial charge in [-0.1, -0.05) is 18.2 Å². The fourth-order valence-corrected chi connectivity index (χ4v) is 7.22. The predicted molar refractivity (Wildman–Crippen MR) is 161 cm³/mol. The number of morpholine rings is 1. The van der Waals surface area contributed by atoms with Gasteiger partial charge in [0, 0.05) is 72.9 Å². The average molecular weight is 608 g/mol. The van der Waals surface area contributed by atoms with Crippen LogP contribution in [0.15, 0.2) is 41.7 Å². The maximum absolute atomic E-state index is 15.2. The SMILES string of the molecule is C=CC(=O)N1CCN(c2c(C#N)c(=O)n3c4c(c(-c5ccc(F)cc5F)c(Cl)cc24)CCC3CN2CCOCC2)[C@@H](C)C1. The third-order valence-corrected chi connectivity index (χ3v) is 9.19. The lowest BCUT2D eigenvalue weighted by Gasteiger charge is -2.42. The highest BCUT2D eigenvalue weighted by atomic mass is 35.5. The molecule has 3 aromatic rings. The van der Waals surface area contributed by atoms with E-state index < -0.39 is 17.2 Å². The van der Waals surface area contributed by atoms with E-state index in [1.165, 1.54) is 18.2 Å². The summed E-state index contributed by atoms with van der Waals surface area (Å²) in [4.78, 5) is 32.6. The van der Waals surface area contributed by atoms with Gasteiger partial charge < -0.3 is 19.1 Å². The molecule has 0 aliphatic carbocycles. The molecule has 2 atom stereocenters. The molecule has 1 unspecified atom stereocenters. The molecule has 0 saturated carbocycles. The van der Waals surface area contributed by atoms with E-state index in [-0.39, 0.29) is 34.1 Å². The second kappa shape index (κ2) is 11.7. The highest BCUT2D eigenvalue weighted by Gasteiger charge is 2.35. The molecule has 0 spiro atoms. The number of amides is 1. The Kier molecular flexibility index (Phi) is 7.98. The van der Waals surface area contributed by atoms with Crippen LogP contribution < -0.4 is 10.5 Å². The zero-order valence-corrected chi connectivity index (χ0v) is 24.7. The number of anilines is 1. The van der Waals surface area contributed by atoms with E-state index in [0.717, 1.165) is 19.2 Å². The quantitative estimate of drug-likeness (QED) is 0.397. The summed E-state index contributed by atoms with van der Waals surface area (Å²) in [5, 5.41) is 11.3. The molecule has 3 aliphatic heterocycles. The van der Waals surface area contributed by atoms with Gasteiger partial charge in [-0.05, 0) is 49.6 Å². The minimum atomic E-state index is -0.743. The number of hydrogen-bond acceptors (Lipinski definition) is 6. The topological polar surface area (TPSA) is 81.8 Å². The lowest BCUT2D eigenvalue weighted by Crippen LogP contribution is -2.54. The highest BCUT2D eigenvalue weighted by molar-refractivity contribution is 6.35. The van der Waals surface area contributed by atoms with Crippen LogP contribution in [-0.2, 0) is 16.0 Å². The first-order chi connectivity index (χ1) is 20.7.